The summed E-state index contributed by atoms with van der Waals surface area (Å²) in [6.45, 7) is 5.13. The van der Waals surface area contributed by atoms with Crippen LogP contribution in [0.25, 0.3) is 0 Å². The van der Waals surface area contributed by atoms with Crippen molar-refractivity contribution in [1.82, 2.24) is 9.80 Å². The fraction of sp³-hybridized carbons (Fsp3) is 0.289. The number of carbonyl (C=O) groups excluding carboxylic acids is 3. The maximum atomic E-state index is 13.6. The highest BCUT2D eigenvalue weighted by Gasteiger charge is 2.31. The predicted molar refractivity (Wildman–Crippen MR) is 193 cm³/mol. The van der Waals surface area contributed by atoms with Gasteiger partial charge in [-0.25, -0.2) is 9.18 Å². The third-order valence-corrected chi connectivity index (χ3v) is 8.65. The summed E-state index contributed by atoms with van der Waals surface area (Å²) in [5.74, 6) is -0.396. The average molecular weight is 683 g/mol. The van der Waals surface area contributed by atoms with E-state index in [1.807, 2.05) is 39.1 Å². The zero-order chi connectivity index (χ0) is 35.8. The van der Waals surface area contributed by atoms with Crippen molar-refractivity contribution in [1.29, 1.82) is 0 Å². The molecule has 50 heavy (non-hydrogen) atoms. The van der Waals surface area contributed by atoms with E-state index in [-0.39, 0.29) is 36.9 Å². The van der Waals surface area contributed by atoms with E-state index in [0.717, 1.165) is 5.56 Å². The Balaban J connectivity index is 1.29. The maximum Gasteiger partial charge on any atom is 0.323 e. The van der Waals surface area contributed by atoms with E-state index in [1.54, 1.807) is 53.4 Å². The topological polar surface area (TPSA) is 149 Å². The molecule has 0 aromatic heterocycles. The molecular formula is C38H43FN6O5. The molecule has 0 spiro atoms. The summed E-state index contributed by atoms with van der Waals surface area (Å²) in [6, 6.07) is 24.1. The Hall–Kier alpha value is -5.46. The Morgan fingerprint density at radius 3 is 2.38 bits per heavy atom. The number of rotatable bonds is 10. The molecule has 1 heterocycles. The maximum absolute atomic E-state index is 13.6. The highest BCUT2D eigenvalue weighted by atomic mass is 19.1. The number of halogens is 1. The van der Waals surface area contributed by atoms with Gasteiger partial charge in [0, 0.05) is 48.1 Å². The summed E-state index contributed by atoms with van der Waals surface area (Å²) >= 11 is 0. The highest BCUT2D eigenvalue weighted by molar-refractivity contribution is 6.05. The molecule has 4 aromatic carbocycles. The van der Waals surface area contributed by atoms with Gasteiger partial charge < -0.3 is 36.4 Å². The molecule has 0 fully saturated rings. The van der Waals surface area contributed by atoms with Gasteiger partial charge in [0.05, 0.1) is 30.4 Å². The number of amides is 4. The molecule has 0 bridgehead atoms. The summed E-state index contributed by atoms with van der Waals surface area (Å²) < 4.78 is 19.9. The van der Waals surface area contributed by atoms with Crippen LogP contribution in [0.15, 0.2) is 91.0 Å². The second kappa shape index (κ2) is 16.3. The number of nitrogens with zero attached hydrogens (tertiary/aromatic N) is 2. The number of nitrogens with one attached hydrogen (secondary N) is 3. The van der Waals surface area contributed by atoms with Gasteiger partial charge in [-0.3, -0.25) is 14.5 Å². The van der Waals surface area contributed by atoms with Crippen molar-refractivity contribution < 1.29 is 28.6 Å². The summed E-state index contributed by atoms with van der Waals surface area (Å²) in [6.07, 6.45) is -0.319. The number of carbonyl (C=O) groups is 3. The number of para-hydroxylation sites is 2. The lowest BCUT2D eigenvalue weighted by atomic mass is 10.0. The molecule has 0 saturated carbocycles. The van der Waals surface area contributed by atoms with Crippen molar-refractivity contribution in [3.63, 3.8) is 0 Å². The van der Waals surface area contributed by atoms with E-state index >= 15 is 0 Å². The van der Waals surface area contributed by atoms with Crippen molar-refractivity contribution in [2.24, 2.45) is 5.92 Å². The van der Waals surface area contributed by atoms with Crippen LogP contribution in [-0.4, -0.2) is 71.6 Å². The van der Waals surface area contributed by atoms with Gasteiger partial charge in [-0.2, -0.15) is 0 Å². The number of ether oxygens (including phenoxy) is 1. The molecule has 5 rings (SSSR count). The minimum absolute atomic E-state index is 0.0147. The summed E-state index contributed by atoms with van der Waals surface area (Å²) in [5, 5.41) is 18.2. The van der Waals surface area contributed by atoms with Gasteiger partial charge in [-0.1, -0.05) is 31.2 Å². The van der Waals surface area contributed by atoms with Gasteiger partial charge in [0.2, 0.25) is 5.91 Å². The van der Waals surface area contributed by atoms with Crippen molar-refractivity contribution in [3.05, 3.63) is 114 Å². The Labute approximate surface area is 291 Å². The second-order valence-corrected chi connectivity index (χ2v) is 12.7. The molecule has 4 aromatic rings. The first kappa shape index (κ1) is 35.8. The van der Waals surface area contributed by atoms with Crippen molar-refractivity contribution in [2.45, 2.75) is 39.0 Å². The van der Waals surface area contributed by atoms with Gasteiger partial charge in [0.25, 0.3) is 5.91 Å². The molecule has 1 aliphatic heterocycles. The number of hydrogen-bond acceptors (Lipinski definition) is 7. The van der Waals surface area contributed by atoms with Gasteiger partial charge in [0.15, 0.2) is 0 Å². The Morgan fingerprint density at radius 1 is 1.00 bits per heavy atom. The number of aliphatic hydroxyl groups is 1. The number of benzene rings is 4. The van der Waals surface area contributed by atoms with Gasteiger partial charge in [0.1, 0.15) is 17.7 Å². The van der Waals surface area contributed by atoms with Gasteiger partial charge >= 0.3 is 6.03 Å². The standard InChI is InChI=1S/C38H43FN6O5/c1-24-20-45(25(2)23-46)36(47)19-28-18-31(42-38(49)41-30-14-12-29(39)13-15-30)16-17-34(28)50-35(24)22-44(3)21-26-8-10-27(11-9-26)37(48)43-33-7-5-4-6-32(33)40/h4-18,24-25,35,46H,19-23,40H2,1-3H3,(H,43,48)(H2,41,42,49)/t24-,25-,35-/m1/s1. The number of likely N-dealkylation sites (N-methyl/N-ethyl adjacent to an activating group) is 1. The van der Waals surface area contributed by atoms with E-state index in [0.29, 0.717) is 59.3 Å². The first-order chi connectivity index (χ1) is 24.0. The molecule has 1 aliphatic rings. The number of urea groups is 1. The number of anilines is 4. The van der Waals surface area contributed by atoms with Gasteiger partial charge in [-0.15, -0.1) is 0 Å². The molecule has 11 nitrogen and oxygen atoms in total. The lowest BCUT2D eigenvalue weighted by Gasteiger charge is -2.34. The molecule has 0 radical (unpaired) electrons. The second-order valence-electron chi connectivity index (χ2n) is 12.7. The zero-order valence-corrected chi connectivity index (χ0v) is 28.4. The van der Waals surface area contributed by atoms with Crippen LogP contribution < -0.4 is 26.4 Å². The summed E-state index contributed by atoms with van der Waals surface area (Å²) in [5.41, 5.74) is 9.99. The predicted octanol–water partition coefficient (Wildman–Crippen LogP) is 5.59. The van der Waals surface area contributed by atoms with Crippen molar-refractivity contribution in [3.8, 4) is 5.75 Å². The quantitative estimate of drug-likeness (QED) is 0.137. The third-order valence-electron chi connectivity index (χ3n) is 8.65. The van der Waals surface area contributed by atoms with Crippen molar-refractivity contribution in [2.75, 3.05) is 48.4 Å². The fourth-order valence-electron chi connectivity index (χ4n) is 5.80. The number of hydrogen-bond donors (Lipinski definition) is 5. The highest BCUT2D eigenvalue weighted by Crippen LogP contribution is 2.30. The van der Waals surface area contributed by atoms with Crippen molar-refractivity contribution >= 4 is 40.6 Å². The Morgan fingerprint density at radius 2 is 1.68 bits per heavy atom. The van der Waals surface area contributed by atoms with Crippen LogP contribution in [0.1, 0.15) is 35.3 Å². The Kier molecular flexibility index (Phi) is 11.7. The van der Waals surface area contributed by atoms with E-state index in [4.69, 9.17) is 10.5 Å². The number of nitrogen functional groups attached to an aromatic ring is 1. The summed E-state index contributed by atoms with van der Waals surface area (Å²) in [7, 11) is 1.98. The van der Waals surface area contributed by atoms with Crippen LogP contribution in [0.4, 0.5) is 31.9 Å². The molecular weight excluding hydrogens is 639 g/mol. The van der Waals surface area contributed by atoms with Crippen LogP contribution in [0.3, 0.4) is 0 Å². The van der Waals surface area contributed by atoms with E-state index in [2.05, 4.69) is 20.9 Å². The number of nitrogens with two attached hydrogens (primary N) is 1. The molecule has 6 N–H and O–H groups in total. The molecule has 0 saturated heterocycles. The lowest BCUT2D eigenvalue weighted by Crippen LogP contribution is -2.47. The van der Waals surface area contributed by atoms with Gasteiger partial charge in [-0.05, 0) is 86.3 Å². The molecule has 4 amide bonds. The minimum atomic E-state index is -0.523. The van der Waals surface area contributed by atoms with Crippen LogP contribution in [0.5, 0.6) is 5.75 Å². The molecule has 0 unspecified atom stereocenters. The average Bonchev–Trinajstić information content (AvgIpc) is 3.13. The van der Waals surface area contributed by atoms with E-state index in [1.165, 1.54) is 24.3 Å². The molecule has 0 aliphatic carbocycles. The normalized spacial score (nSPS) is 16.7. The van der Waals surface area contributed by atoms with E-state index < -0.39 is 17.9 Å². The SMILES string of the molecule is C[C@@H]1CN([C@H](C)CO)C(=O)Cc2cc(NC(=O)Nc3ccc(F)cc3)ccc2O[C@@H]1CN(C)Cc1ccc(C(=O)Nc2ccccc2N)cc1. The van der Waals surface area contributed by atoms with Crippen LogP contribution >= 0.6 is 0 Å². The minimum Gasteiger partial charge on any atom is -0.488 e. The molecule has 3 atom stereocenters. The number of aliphatic hydroxyl groups excluding tert-OH is 1. The summed E-state index contributed by atoms with van der Waals surface area (Å²) in [4.78, 5) is 42.9. The van der Waals surface area contributed by atoms with E-state index in [9.17, 15) is 23.9 Å². The largest absolute Gasteiger partial charge is 0.488 e. The first-order valence-electron chi connectivity index (χ1n) is 16.5. The number of fused-ring (bicyclic) bond motifs is 1. The lowest BCUT2D eigenvalue weighted by molar-refractivity contribution is -0.134. The molecule has 262 valence electrons. The Bertz CT molecular complexity index is 1800. The molecule has 12 heteroatoms. The first-order valence-corrected chi connectivity index (χ1v) is 16.5. The third kappa shape index (κ3) is 9.36. The smallest absolute Gasteiger partial charge is 0.323 e. The van der Waals surface area contributed by atoms with Crippen LogP contribution in [0.2, 0.25) is 0 Å². The van der Waals surface area contributed by atoms with Crippen LogP contribution in [-0.2, 0) is 17.8 Å². The fourth-order valence-corrected chi connectivity index (χ4v) is 5.80. The monoisotopic (exact) mass is 682 g/mol. The zero-order valence-electron chi connectivity index (χ0n) is 28.4. The van der Waals surface area contributed by atoms with Crippen LogP contribution in [0, 0.1) is 11.7 Å².